The molecule has 0 saturated carbocycles. The predicted molar refractivity (Wildman–Crippen MR) is 96.1 cm³/mol. The second-order valence-corrected chi connectivity index (χ2v) is 5.62. The van der Waals surface area contributed by atoms with E-state index in [4.69, 9.17) is 4.74 Å². The maximum Gasteiger partial charge on any atom is 0.271 e. The summed E-state index contributed by atoms with van der Waals surface area (Å²) in [6.07, 6.45) is 0. The van der Waals surface area contributed by atoms with Crippen LogP contribution in [0, 0.1) is 10.1 Å². The van der Waals surface area contributed by atoms with Crippen LogP contribution in [0.1, 0.15) is 25.0 Å². The van der Waals surface area contributed by atoms with Gasteiger partial charge in [0, 0.05) is 30.2 Å². The van der Waals surface area contributed by atoms with Gasteiger partial charge in [-0.2, -0.15) is 0 Å². The lowest BCUT2D eigenvalue weighted by molar-refractivity contribution is -0.384. The van der Waals surface area contributed by atoms with E-state index in [0.717, 1.165) is 4.90 Å². The fourth-order valence-corrected chi connectivity index (χ4v) is 2.93. The van der Waals surface area contributed by atoms with Gasteiger partial charge in [-0.15, -0.1) is 0 Å². The van der Waals surface area contributed by atoms with Gasteiger partial charge in [-0.3, -0.25) is 19.7 Å². The van der Waals surface area contributed by atoms with Crippen molar-refractivity contribution in [3.8, 4) is 0 Å². The van der Waals surface area contributed by atoms with Crippen LogP contribution >= 0.6 is 0 Å². The van der Waals surface area contributed by atoms with Gasteiger partial charge in [0.1, 0.15) is 5.76 Å². The smallest absolute Gasteiger partial charge is 0.271 e. The summed E-state index contributed by atoms with van der Waals surface area (Å²) >= 11 is 0. The van der Waals surface area contributed by atoms with Crippen LogP contribution in [-0.2, 0) is 14.3 Å². The standard InChI is InChI=1S/C19H16N2O5/c1-3-26-18(13-7-5-4-6-8-13)17-15-10-9-14(21(24)25)11-16(15)20(12(2)22)19(17)23/h4-11H,3H2,1-2H3/b18-17-. The van der Waals surface area contributed by atoms with E-state index in [-0.39, 0.29) is 16.9 Å². The van der Waals surface area contributed by atoms with Crippen molar-refractivity contribution in [2.24, 2.45) is 0 Å². The molecule has 0 unspecified atom stereocenters. The van der Waals surface area contributed by atoms with Crippen LogP contribution < -0.4 is 4.90 Å². The molecule has 0 aromatic heterocycles. The predicted octanol–water partition coefficient (Wildman–Crippen LogP) is 3.39. The minimum absolute atomic E-state index is 0.193. The number of nitro benzene ring substituents is 1. The molecule has 0 radical (unpaired) electrons. The number of fused-ring (bicyclic) bond motifs is 1. The number of ether oxygens (including phenoxy) is 1. The SMILES string of the molecule is CCO/C(=C1\C(=O)N(C(C)=O)c2cc([N+](=O)[O-])ccc21)c1ccccc1. The normalized spacial score (nSPS) is 14.8. The van der Waals surface area contributed by atoms with Gasteiger partial charge in [0.15, 0.2) is 0 Å². The quantitative estimate of drug-likeness (QED) is 0.364. The van der Waals surface area contributed by atoms with Gasteiger partial charge in [0.2, 0.25) is 5.91 Å². The van der Waals surface area contributed by atoms with E-state index in [1.807, 2.05) is 18.2 Å². The van der Waals surface area contributed by atoms with Crippen molar-refractivity contribution in [1.29, 1.82) is 0 Å². The van der Waals surface area contributed by atoms with Gasteiger partial charge < -0.3 is 4.74 Å². The van der Waals surface area contributed by atoms with Crippen molar-refractivity contribution in [3.05, 3.63) is 69.8 Å². The largest absolute Gasteiger partial charge is 0.492 e. The van der Waals surface area contributed by atoms with Crippen molar-refractivity contribution in [1.82, 2.24) is 0 Å². The number of hydrogen-bond donors (Lipinski definition) is 0. The van der Waals surface area contributed by atoms with Crippen molar-refractivity contribution in [3.63, 3.8) is 0 Å². The number of carbonyl (C=O) groups excluding carboxylic acids is 2. The molecule has 0 spiro atoms. The van der Waals surface area contributed by atoms with Gasteiger partial charge in [0.05, 0.1) is 22.8 Å². The summed E-state index contributed by atoms with van der Waals surface area (Å²) in [5, 5.41) is 11.1. The van der Waals surface area contributed by atoms with Crippen molar-refractivity contribution < 1.29 is 19.2 Å². The maximum absolute atomic E-state index is 13.0. The lowest BCUT2D eigenvalue weighted by atomic mass is 10.0. The summed E-state index contributed by atoms with van der Waals surface area (Å²) in [6, 6.07) is 13.1. The Bertz CT molecular complexity index is 934. The number of amides is 2. The van der Waals surface area contributed by atoms with Crippen LogP contribution in [0.15, 0.2) is 48.5 Å². The van der Waals surface area contributed by atoms with Crippen molar-refractivity contribution in [2.45, 2.75) is 13.8 Å². The average molecular weight is 352 g/mol. The Hall–Kier alpha value is -3.48. The average Bonchev–Trinajstić information content (AvgIpc) is 2.91. The van der Waals surface area contributed by atoms with Gasteiger partial charge in [-0.1, -0.05) is 30.3 Å². The molecule has 0 fully saturated rings. The van der Waals surface area contributed by atoms with Crippen molar-refractivity contribution in [2.75, 3.05) is 11.5 Å². The summed E-state index contributed by atoms with van der Waals surface area (Å²) in [4.78, 5) is 36.5. The first-order valence-corrected chi connectivity index (χ1v) is 8.02. The van der Waals surface area contributed by atoms with Gasteiger partial charge >= 0.3 is 0 Å². The van der Waals surface area contributed by atoms with Gasteiger partial charge in [-0.25, -0.2) is 4.90 Å². The Kier molecular flexibility index (Phi) is 4.53. The van der Waals surface area contributed by atoms with E-state index in [2.05, 4.69) is 0 Å². The third kappa shape index (κ3) is 2.83. The molecule has 2 amide bonds. The zero-order valence-corrected chi connectivity index (χ0v) is 14.3. The third-order valence-electron chi connectivity index (χ3n) is 3.99. The highest BCUT2D eigenvalue weighted by atomic mass is 16.6. The monoisotopic (exact) mass is 352 g/mol. The van der Waals surface area contributed by atoms with E-state index in [9.17, 15) is 19.7 Å². The molecule has 132 valence electrons. The summed E-state index contributed by atoms with van der Waals surface area (Å²) in [5.74, 6) is -0.729. The van der Waals surface area contributed by atoms with E-state index in [1.54, 1.807) is 19.1 Å². The van der Waals surface area contributed by atoms with E-state index in [1.165, 1.54) is 25.1 Å². The molecule has 0 atom stereocenters. The number of imide groups is 1. The first-order chi connectivity index (χ1) is 12.5. The van der Waals surface area contributed by atoms with Crippen LogP contribution in [0.25, 0.3) is 11.3 Å². The zero-order chi connectivity index (χ0) is 18.8. The summed E-state index contributed by atoms with van der Waals surface area (Å²) in [7, 11) is 0. The third-order valence-corrected chi connectivity index (χ3v) is 3.99. The molecule has 1 aliphatic heterocycles. The molecule has 26 heavy (non-hydrogen) atoms. The molecule has 0 N–H and O–H groups in total. The molecule has 0 aliphatic carbocycles. The molecule has 3 rings (SSSR count). The highest BCUT2D eigenvalue weighted by Gasteiger charge is 2.39. The summed E-state index contributed by atoms with van der Waals surface area (Å²) in [5.41, 5.74) is 1.34. The molecular weight excluding hydrogens is 336 g/mol. The Morgan fingerprint density at radius 1 is 1.19 bits per heavy atom. The first-order valence-electron chi connectivity index (χ1n) is 8.02. The molecule has 0 saturated heterocycles. The summed E-state index contributed by atoms with van der Waals surface area (Å²) < 4.78 is 5.73. The number of nitro groups is 1. The van der Waals surface area contributed by atoms with Crippen LogP contribution in [0.2, 0.25) is 0 Å². The Balaban J connectivity index is 2.30. The van der Waals surface area contributed by atoms with Gasteiger partial charge in [-0.05, 0) is 13.0 Å². The molecule has 2 aromatic rings. The number of anilines is 1. The number of nitrogens with zero attached hydrogens (tertiary/aromatic N) is 2. The fourth-order valence-electron chi connectivity index (χ4n) is 2.93. The fraction of sp³-hybridized carbons (Fsp3) is 0.158. The van der Waals surface area contributed by atoms with Crippen LogP contribution in [0.3, 0.4) is 0 Å². The highest BCUT2D eigenvalue weighted by Crippen LogP contribution is 2.42. The minimum atomic E-state index is -0.564. The Morgan fingerprint density at radius 2 is 1.88 bits per heavy atom. The maximum atomic E-state index is 13.0. The minimum Gasteiger partial charge on any atom is -0.492 e. The van der Waals surface area contributed by atoms with E-state index in [0.29, 0.717) is 23.5 Å². The second kappa shape index (κ2) is 6.79. The van der Waals surface area contributed by atoms with E-state index < -0.39 is 16.7 Å². The molecule has 1 heterocycles. The van der Waals surface area contributed by atoms with E-state index >= 15 is 0 Å². The summed E-state index contributed by atoms with van der Waals surface area (Å²) in [6.45, 7) is 3.36. The van der Waals surface area contributed by atoms with Crippen LogP contribution in [-0.4, -0.2) is 23.3 Å². The van der Waals surface area contributed by atoms with Crippen LogP contribution in [0.4, 0.5) is 11.4 Å². The Labute approximate surface area is 149 Å². The lowest BCUT2D eigenvalue weighted by Crippen LogP contribution is -2.31. The number of benzene rings is 2. The van der Waals surface area contributed by atoms with Crippen molar-refractivity contribution >= 4 is 34.5 Å². The molecule has 0 bridgehead atoms. The lowest BCUT2D eigenvalue weighted by Gasteiger charge is -2.13. The second-order valence-electron chi connectivity index (χ2n) is 5.62. The zero-order valence-electron chi connectivity index (χ0n) is 14.3. The molecule has 1 aliphatic rings. The Morgan fingerprint density at radius 3 is 2.46 bits per heavy atom. The number of non-ortho nitro benzene ring substituents is 1. The number of hydrogen-bond acceptors (Lipinski definition) is 5. The number of carbonyl (C=O) groups is 2. The van der Waals surface area contributed by atoms with Crippen LogP contribution in [0.5, 0.6) is 0 Å². The number of rotatable bonds is 4. The van der Waals surface area contributed by atoms with Gasteiger partial charge in [0.25, 0.3) is 11.6 Å². The topological polar surface area (TPSA) is 89.8 Å². The molecule has 7 heteroatoms. The molecular formula is C19H16N2O5. The molecule has 2 aromatic carbocycles. The first kappa shape index (κ1) is 17.3. The molecule has 7 nitrogen and oxygen atoms in total. The highest BCUT2D eigenvalue weighted by molar-refractivity contribution is 6.43.